The predicted octanol–water partition coefficient (Wildman–Crippen LogP) is 2.26. The van der Waals surface area contributed by atoms with Crippen molar-refractivity contribution < 1.29 is 14.7 Å². The number of carboxylic acid groups (broad SMARTS) is 1. The van der Waals surface area contributed by atoms with E-state index >= 15 is 0 Å². The zero-order valence-corrected chi connectivity index (χ0v) is 17.1. The van der Waals surface area contributed by atoms with Crippen LogP contribution >= 0.6 is 0 Å². The highest BCUT2D eigenvalue weighted by Crippen LogP contribution is 2.14. The minimum absolute atomic E-state index is 0.105. The Morgan fingerprint density at radius 2 is 1.93 bits per heavy atom. The van der Waals surface area contributed by atoms with Gasteiger partial charge < -0.3 is 15.7 Å². The second-order valence-electron chi connectivity index (χ2n) is 7.87. The molecule has 1 aromatic carbocycles. The molecule has 1 aromatic rings. The predicted molar refractivity (Wildman–Crippen MR) is 111 cm³/mol. The van der Waals surface area contributed by atoms with E-state index in [4.69, 9.17) is 0 Å². The van der Waals surface area contributed by atoms with Crippen LogP contribution in [0.15, 0.2) is 42.1 Å². The van der Waals surface area contributed by atoms with Crippen molar-refractivity contribution in [1.29, 1.82) is 5.26 Å². The lowest BCUT2D eigenvalue weighted by Crippen LogP contribution is -2.43. The Balaban J connectivity index is 1.83. The maximum absolute atomic E-state index is 12.3. The summed E-state index contributed by atoms with van der Waals surface area (Å²) in [6.45, 7) is 6.55. The van der Waals surface area contributed by atoms with Gasteiger partial charge in [-0.3, -0.25) is 9.69 Å². The molecule has 0 bridgehead atoms. The number of hydrogen-bond donors (Lipinski definition) is 3. The van der Waals surface area contributed by atoms with E-state index in [0.29, 0.717) is 6.42 Å². The maximum atomic E-state index is 12.3. The normalized spacial score (nSPS) is 16.8. The largest absolute Gasteiger partial charge is 0.480 e. The molecule has 1 aliphatic heterocycles. The summed E-state index contributed by atoms with van der Waals surface area (Å²) in [5, 5.41) is 24.1. The van der Waals surface area contributed by atoms with Crippen LogP contribution in [0.2, 0.25) is 0 Å². The van der Waals surface area contributed by atoms with Crippen molar-refractivity contribution >= 4 is 11.9 Å². The van der Waals surface area contributed by atoms with Crippen LogP contribution in [0.25, 0.3) is 0 Å². The van der Waals surface area contributed by atoms with Crippen molar-refractivity contribution in [3.05, 3.63) is 47.7 Å². The SMILES string of the molecule is CC(C)CC(NC(=O)/C(C#N)=C\NC1CCN(Cc2ccccc2)CC1)C(=O)O. The fraction of sp³-hybridized carbons (Fsp3) is 0.500. The van der Waals surface area contributed by atoms with Gasteiger partial charge in [-0.05, 0) is 30.7 Å². The highest BCUT2D eigenvalue weighted by atomic mass is 16.4. The minimum atomic E-state index is -1.09. The summed E-state index contributed by atoms with van der Waals surface area (Å²) in [6, 6.07) is 11.4. The number of aliphatic carboxylic acids is 1. The number of likely N-dealkylation sites (tertiary alicyclic amines) is 1. The third kappa shape index (κ3) is 7.59. The monoisotopic (exact) mass is 398 g/mol. The van der Waals surface area contributed by atoms with Gasteiger partial charge in [-0.2, -0.15) is 5.26 Å². The molecule has 1 unspecified atom stereocenters. The van der Waals surface area contributed by atoms with Gasteiger partial charge in [-0.15, -0.1) is 0 Å². The molecule has 156 valence electrons. The van der Waals surface area contributed by atoms with Crippen LogP contribution in [0.4, 0.5) is 0 Å². The summed E-state index contributed by atoms with van der Waals surface area (Å²) in [5.41, 5.74) is 1.18. The van der Waals surface area contributed by atoms with Gasteiger partial charge in [-0.1, -0.05) is 44.2 Å². The highest BCUT2D eigenvalue weighted by Gasteiger charge is 2.23. The molecule has 29 heavy (non-hydrogen) atoms. The van der Waals surface area contributed by atoms with E-state index < -0.39 is 17.9 Å². The Bertz CT molecular complexity index is 747. The standard InChI is InChI=1S/C22H30N4O3/c1-16(2)12-20(22(28)29)25-21(27)18(13-23)14-24-19-8-10-26(11-9-19)15-17-6-4-3-5-7-17/h3-7,14,16,19-20,24H,8-12,15H2,1-2H3,(H,25,27)(H,28,29)/b18-14-. The molecule has 7 heteroatoms. The van der Waals surface area contributed by atoms with Gasteiger partial charge >= 0.3 is 5.97 Å². The van der Waals surface area contributed by atoms with Crippen LogP contribution < -0.4 is 10.6 Å². The smallest absolute Gasteiger partial charge is 0.326 e. The van der Waals surface area contributed by atoms with Crippen LogP contribution in [0.1, 0.15) is 38.7 Å². The minimum Gasteiger partial charge on any atom is -0.480 e. The van der Waals surface area contributed by atoms with Crippen LogP contribution in [0.3, 0.4) is 0 Å². The third-order valence-corrected chi connectivity index (χ3v) is 4.98. The number of hydrogen-bond acceptors (Lipinski definition) is 5. The average molecular weight is 399 g/mol. The van der Waals surface area contributed by atoms with E-state index in [2.05, 4.69) is 27.7 Å². The molecule has 0 radical (unpaired) electrons. The Kier molecular flexibility index (Phi) is 8.68. The molecule has 0 aromatic heterocycles. The molecule has 1 saturated heterocycles. The summed E-state index contributed by atoms with van der Waals surface area (Å²) < 4.78 is 0. The number of rotatable bonds is 9. The molecule has 1 amide bonds. The van der Waals surface area contributed by atoms with Crippen molar-refractivity contribution in [2.45, 2.75) is 51.7 Å². The number of carboxylic acids is 1. The van der Waals surface area contributed by atoms with E-state index in [1.807, 2.05) is 38.1 Å². The van der Waals surface area contributed by atoms with Crippen molar-refractivity contribution in [3.63, 3.8) is 0 Å². The molecule has 7 nitrogen and oxygen atoms in total. The first-order valence-corrected chi connectivity index (χ1v) is 10.0. The van der Waals surface area contributed by atoms with Gasteiger partial charge in [0.1, 0.15) is 17.7 Å². The van der Waals surface area contributed by atoms with Crippen molar-refractivity contribution in [3.8, 4) is 6.07 Å². The Morgan fingerprint density at radius 3 is 2.48 bits per heavy atom. The molecule has 3 N–H and O–H groups in total. The van der Waals surface area contributed by atoms with Gasteiger partial charge in [0, 0.05) is 31.9 Å². The molecule has 0 saturated carbocycles. The van der Waals surface area contributed by atoms with E-state index in [0.717, 1.165) is 32.5 Å². The number of amides is 1. The third-order valence-electron chi connectivity index (χ3n) is 4.98. The first-order valence-electron chi connectivity index (χ1n) is 10.0. The summed E-state index contributed by atoms with van der Waals surface area (Å²) in [4.78, 5) is 26.0. The summed E-state index contributed by atoms with van der Waals surface area (Å²) in [7, 11) is 0. The molecule has 1 aliphatic rings. The maximum Gasteiger partial charge on any atom is 0.326 e. The van der Waals surface area contributed by atoms with Crippen molar-refractivity contribution in [1.82, 2.24) is 15.5 Å². The summed E-state index contributed by atoms with van der Waals surface area (Å²) in [6.07, 6.45) is 3.55. The second-order valence-corrected chi connectivity index (χ2v) is 7.87. The molecule has 0 spiro atoms. The molecule has 1 heterocycles. The van der Waals surface area contributed by atoms with Gasteiger partial charge in [0.25, 0.3) is 5.91 Å². The Labute approximate surface area is 172 Å². The number of benzene rings is 1. The van der Waals surface area contributed by atoms with Gasteiger partial charge in [-0.25, -0.2) is 4.79 Å². The second kappa shape index (κ2) is 11.2. The fourth-order valence-electron chi connectivity index (χ4n) is 3.38. The number of nitriles is 1. The van der Waals surface area contributed by atoms with Crippen LogP contribution in [0, 0.1) is 17.2 Å². The average Bonchev–Trinajstić information content (AvgIpc) is 2.69. The van der Waals surface area contributed by atoms with E-state index in [1.54, 1.807) is 0 Å². The lowest BCUT2D eigenvalue weighted by atomic mass is 10.0. The molecule has 1 atom stereocenters. The molecular formula is C22H30N4O3. The Morgan fingerprint density at radius 1 is 1.28 bits per heavy atom. The van der Waals surface area contributed by atoms with Crippen LogP contribution in [-0.4, -0.2) is 47.1 Å². The van der Waals surface area contributed by atoms with Crippen LogP contribution in [-0.2, 0) is 16.1 Å². The molecular weight excluding hydrogens is 368 g/mol. The summed E-state index contributed by atoms with van der Waals surface area (Å²) in [5.74, 6) is -1.64. The highest BCUT2D eigenvalue weighted by molar-refractivity contribution is 5.99. The van der Waals surface area contributed by atoms with E-state index in [1.165, 1.54) is 11.8 Å². The van der Waals surface area contributed by atoms with Gasteiger partial charge in [0.05, 0.1) is 0 Å². The number of piperidine rings is 1. The number of carbonyl (C=O) groups is 2. The lowest BCUT2D eigenvalue weighted by Gasteiger charge is -2.32. The van der Waals surface area contributed by atoms with Crippen LogP contribution in [0.5, 0.6) is 0 Å². The van der Waals surface area contributed by atoms with Gasteiger partial charge in [0.15, 0.2) is 0 Å². The number of carbonyl (C=O) groups excluding carboxylic acids is 1. The van der Waals surface area contributed by atoms with Crippen molar-refractivity contribution in [2.24, 2.45) is 5.92 Å². The van der Waals surface area contributed by atoms with E-state index in [-0.39, 0.29) is 17.5 Å². The quantitative estimate of drug-likeness (QED) is 0.435. The van der Waals surface area contributed by atoms with Gasteiger partial charge in [0.2, 0.25) is 0 Å². The fourth-order valence-corrected chi connectivity index (χ4v) is 3.38. The van der Waals surface area contributed by atoms with Crippen molar-refractivity contribution in [2.75, 3.05) is 13.1 Å². The summed E-state index contributed by atoms with van der Waals surface area (Å²) >= 11 is 0. The first kappa shape index (κ1) is 22.4. The molecule has 2 rings (SSSR count). The Hall–Kier alpha value is -2.85. The molecule has 0 aliphatic carbocycles. The van der Waals surface area contributed by atoms with E-state index in [9.17, 15) is 20.0 Å². The first-order chi connectivity index (χ1) is 13.9. The number of nitrogens with one attached hydrogen (secondary N) is 2. The molecule has 1 fully saturated rings. The zero-order chi connectivity index (χ0) is 21.2. The topological polar surface area (TPSA) is 105 Å². The number of nitrogens with zero attached hydrogens (tertiary/aromatic N) is 2. The lowest BCUT2D eigenvalue weighted by molar-refractivity contribution is -0.141. The zero-order valence-electron chi connectivity index (χ0n) is 17.1.